The molecule has 0 spiro atoms. The van der Waals surface area contributed by atoms with Crippen LogP contribution in [0.5, 0.6) is 0 Å². The van der Waals surface area contributed by atoms with Gasteiger partial charge in [0.1, 0.15) is 0 Å². The molecule has 0 saturated heterocycles. The highest BCUT2D eigenvalue weighted by molar-refractivity contribution is 5.80. The molecule has 0 unspecified atom stereocenters. The van der Waals surface area contributed by atoms with Gasteiger partial charge >= 0.3 is 5.97 Å². The summed E-state index contributed by atoms with van der Waals surface area (Å²) < 4.78 is 9.42. The summed E-state index contributed by atoms with van der Waals surface area (Å²) in [5, 5.41) is 0. The van der Waals surface area contributed by atoms with Crippen molar-refractivity contribution in [3.05, 3.63) is 0 Å². The Kier molecular flexibility index (Phi) is 2.89. The molecule has 1 aliphatic heterocycles. The van der Waals surface area contributed by atoms with E-state index >= 15 is 0 Å². The van der Waals surface area contributed by atoms with Crippen LogP contribution < -0.4 is 0 Å². The molecule has 0 aromatic heterocycles. The second kappa shape index (κ2) is 3.95. The molecule has 0 N–H and O–H groups in total. The van der Waals surface area contributed by atoms with E-state index in [0.29, 0.717) is 5.90 Å². The Balaban J connectivity index is 2.16. The van der Waals surface area contributed by atoms with Crippen LogP contribution in [0.1, 0.15) is 12.8 Å². The van der Waals surface area contributed by atoms with Crippen molar-refractivity contribution < 1.29 is 14.3 Å². The van der Waals surface area contributed by atoms with E-state index in [1.165, 1.54) is 7.11 Å². The normalized spacial score (nSPS) is 15.9. The molecular formula is C7H11NO3. The molecule has 62 valence electrons. The van der Waals surface area contributed by atoms with Gasteiger partial charge in [0.05, 0.1) is 7.11 Å². The van der Waals surface area contributed by atoms with Crippen molar-refractivity contribution in [1.82, 2.24) is 0 Å². The number of rotatable bonds is 2. The molecular weight excluding hydrogens is 146 g/mol. The molecule has 0 aromatic carbocycles. The van der Waals surface area contributed by atoms with Crippen molar-refractivity contribution in [3.63, 3.8) is 0 Å². The first-order valence-corrected chi connectivity index (χ1v) is 3.56. The smallest absolute Gasteiger partial charge is 0.343 e. The molecule has 0 aromatic rings. The maximum Gasteiger partial charge on any atom is 0.343 e. The number of methoxy groups -OCH3 is 1. The summed E-state index contributed by atoms with van der Waals surface area (Å²) in [6.45, 7) is 0.797. The fourth-order valence-corrected chi connectivity index (χ4v) is 0.832. The molecule has 1 aliphatic rings. The van der Waals surface area contributed by atoms with Gasteiger partial charge in [-0.3, -0.25) is 4.99 Å². The van der Waals surface area contributed by atoms with Crippen LogP contribution in [0, 0.1) is 0 Å². The molecule has 0 bridgehead atoms. The van der Waals surface area contributed by atoms with Crippen LogP contribution in [0.4, 0.5) is 0 Å². The maximum absolute atomic E-state index is 10.6. The summed E-state index contributed by atoms with van der Waals surface area (Å²) in [4.78, 5) is 14.6. The largest absolute Gasteiger partial charge is 0.469 e. The highest BCUT2D eigenvalue weighted by atomic mass is 16.6. The second-order valence-corrected chi connectivity index (χ2v) is 2.24. The Morgan fingerprint density at radius 1 is 1.73 bits per heavy atom. The lowest BCUT2D eigenvalue weighted by atomic mass is 10.4. The van der Waals surface area contributed by atoms with Crippen molar-refractivity contribution in [2.24, 2.45) is 4.99 Å². The SMILES string of the molecule is COC(=O)COC1=NCCC1. The van der Waals surface area contributed by atoms with E-state index in [4.69, 9.17) is 4.74 Å². The number of carbonyl (C=O) groups is 1. The van der Waals surface area contributed by atoms with Crippen molar-refractivity contribution >= 4 is 11.9 Å². The molecule has 1 heterocycles. The number of ether oxygens (including phenoxy) is 2. The highest BCUT2D eigenvalue weighted by Crippen LogP contribution is 2.04. The monoisotopic (exact) mass is 157 g/mol. The topological polar surface area (TPSA) is 47.9 Å². The number of esters is 1. The zero-order valence-corrected chi connectivity index (χ0v) is 6.50. The first-order valence-electron chi connectivity index (χ1n) is 3.56. The predicted molar refractivity (Wildman–Crippen MR) is 39.5 cm³/mol. The van der Waals surface area contributed by atoms with Crippen LogP contribution in [0.15, 0.2) is 4.99 Å². The predicted octanol–water partition coefficient (Wildman–Crippen LogP) is 0.368. The Hall–Kier alpha value is -1.06. The standard InChI is InChI=1S/C7H11NO3/c1-10-7(9)5-11-6-3-2-4-8-6/h2-5H2,1H3. The Bertz CT molecular complexity index is 177. The average Bonchev–Trinajstić information content (AvgIpc) is 2.52. The Morgan fingerprint density at radius 3 is 3.09 bits per heavy atom. The Labute approximate surface area is 65.2 Å². The molecule has 0 saturated carbocycles. The summed E-state index contributed by atoms with van der Waals surface area (Å²) in [5.74, 6) is 0.315. The lowest BCUT2D eigenvalue weighted by Gasteiger charge is -2.02. The van der Waals surface area contributed by atoms with Gasteiger partial charge in [-0.1, -0.05) is 0 Å². The molecule has 1 rings (SSSR count). The van der Waals surface area contributed by atoms with Gasteiger partial charge in [0.25, 0.3) is 0 Å². The third-order valence-electron chi connectivity index (χ3n) is 1.42. The molecule has 11 heavy (non-hydrogen) atoms. The van der Waals surface area contributed by atoms with Gasteiger partial charge in [0, 0.05) is 13.0 Å². The minimum Gasteiger partial charge on any atom is -0.469 e. The summed E-state index contributed by atoms with van der Waals surface area (Å²) in [6.07, 6.45) is 1.87. The summed E-state index contributed by atoms with van der Waals surface area (Å²) in [7, 11) is 1.34. The lowest BCUT2D eigenvalue weighted by Crippen LogP contribution is -2.13. The van der Waals surface area contributed by atoms with E-state index in [0.717, 1.165) is 19.4 Å². The fraction of sp³-hybridized carbons (Fsp3) is 0.714. The van der Waals surface area contributed by atoms with Crippen LogP contribution >= 0.6 is 0 Å². The first-order chi connectivity index (χ1) is 5.33. The zero-order chi connectivity index (χ0) is 8.10. The minimum atomic E-state index is -0.361. The third-order valence-corrected chi connectivity index (χ3v) is 1.42. The van der Waals surface area contributed by atoms with Gasteiger partial charge in [0.15, 0.2) is 12.5 Å². The molecule has 0 fully saturated rings. The van der Waals surface area contributed by atoms with E-state index in [-0.39, 0.29) is 12.6 Å². The molecule has 0 aliphatic carbocycles. The first kappa shape index (κ1) is 8.04. The third kappa shape index (κ3) is 2.57. The van der Waals surface area contributed by atoms with Crippen molar-refractivity contribution in [2.45, 2.75) is 12.8 Å². The lowest BCUT2D eigenvalue weighted by molar-refractivity contribution is -0.143. The Morgan fingerprint density at radius 2 is 2.55 bits per heavy atom. The van der Waals surface area contributed by atoms with Crippen LogP contribution in [0.3, 0.4) is 0 Å². The fourth-order valence-electron chi connectivity index (χ4n) is 0.832. The second-order valence-electron chi connectivity index (χ2n) is 2.24. The van der Waals surface area contributed by atoms with Crippen LogP contribution in [0.25, 0.3) is 0 Å². The summed E-state index contributed by atoms with van der Waals surface area (Å²) in [6, 6.07) is 0. The molecule has 0 radical (unpaired) electrons. The molecule has 4 nitrogen and oxygen atoms in total. The summed E-state index contributed by atoms with van der Waals surface area (Å²) in [5.41, 5.74) is 0. The van der Waals surface area contributed by atoms with E-state index < -0.39 is 0 Å². The van der Waals surface area contributed by atoms with Crippen molar-refractivity contribution in [2.75, 3.05) is 20.3 Å². The van der Waals surface area contributed by atoms with E-state index in [2.05, 4.69) is 9.73 Å². The van der Waals surface area contributed by atoms with Gasteiger partial charge in [-0.15, -0.1) is 0 Å². The number of hydrogen-bond donors (Lipinski definition) is 0. The quantitative estimate of drug-likeness (QED) is 0.544. The molecule has 0 amide bonds. The van der Waals surface area contributed by atoms with E-state index in [1.807, 2.05) is 0 Å². The maximum atomic E-state index is 10.6. The highest BCUT2D eigenvalue weighted by Gasteiger charge is 2.09. The minimum absolute atomic E-state index is 0.0185. The van der Waals surface area contributed by atoms with Crippen LogP contribution in [-0.2, 0) is 14.3 Å². The van der Waals surface area contributed by atoms with Gasteiger partial charge in [0.2, 0.25) is 0 Å². The van der Waals surface area contributed by atoms with E-state index in [1.54, 1.807) is 0 Å². The average molecular weight is 157 g/mol. The van der Waals surface area contributed by atoms with Gasteiger partial charge in [-0.2, -0.15) is 0 Å². The van der Waals surface area contributed by atoms with Crippen molar-refractivity contribution in [3.8, 4) is 0 Å². The molecule has 4 heteroatoms. The number of carbonyl (C=O) groups excluding carboxylic acids is 1. The van der Waals surface area contributed by atoms with Crippen LogP contribution in [-0.4, -0.2) is 32.1 Å². The number of hydrogen-bond acceptors (Lipinski definition) is 4. The number of aliphatic imine (C=N–C) groups is 1. The molecule has 0 atom stereocenters. The van der Waals surface area contributed by atoms with Crippen molar-refractivity contribution in [1.29, 1.82) is 0 Å². The van der Waals surface area contributed by atoms with Gasteiger partial charge in [-0.05, 0) is 6.42 Å². The van der Waals surface area contributed by atoms with Gasteiger partial charge < -0.3 is 9.47 Å². The van der Waals surface area contributed by atoms with Gasteiger partial charge in [-0.25, -0.2) is 4.79 Å². The van der Waals surface area contributed by atoms with E-state index in [9.17, 15) is 4.79 Å². The summed E-state index contributed by atoms with van der Waals surface area (Å²) >= 11 is 0. The number of nitrogens with zero attached hydrogens (tertiary/aromatic N) is 1. The van der Waals surface area contributed by atoms with Crippen LogP contribution in [0.2, 0.25) is 0 Å². The zero-order valence-electron chi connectivity index (χ0n) is 6.50.